The molecule has 0 aliphatic heterocycles. The van der Waals surface area contributed by atoms with Crippen molar-refractivity contribution in [2.45, 2.75) is 6.42 Å². The number of rotatable bonds is 4. The van der Waals surface area contributed by atoms with E-state index in [2.05, 4.69) is 10.3 Å². The molecular weight excluding hydrogens is 337 g/mol. The minimum absolute atomic E-state index is 0. The van der Waals surface area contributed by atoms with Crippen LogP contribution in [-0.2, 0) is 6.42 Å². The van der Waals surface area contributed by atoms with Crippen LogP contribution in [0.3, 0.4) is 0 Å². The minimum Gasteiger partial charge on any atom is -1.00 e. The molecule has 2 aromatic rings. The molecule has 0 radical (unpaired) electrons. The first-order valence-electron chi connectivity index (χ1n) is 6.70. The summed E-state index contributed by atoms with van der Waals surface area (Å²) in [7, 11) is 0. The molecule has 0 atom stereocenters. The number of benzene rings is 2. The normalized spacial score (nSPS) is 10.7. The van der Waals surface area contributed by atoms with Crippen molar-refractivity contribution in [3.8, 4) is 5.75 Å². The fourth-order valence-corrected chi connectivity index (χ4v) is 2.04. The van der Waals surface area contributed by atoms with Gasteiger partial charge < -0.3 is 23.2 Å². The highest BCUT2D eigenvalue weighted by molar-refractivity contribution is 6.31. The van der Waals surface area contributed by atoms with Gasteiger partial charge in [-0.3, -0.25) is 15.1 Å². The second-order valence-electron chi connectivity index (χ2n) is 4.62. The molecule has 2 rings (SSSR count). The summed E-state index contributed by atoms with van der Waals surface area (Å²) >= 11 is 5.80. The largest absolute Gasteiger partial charge is 1.00 e. The molecule has 23 heavy (non-hydrogen) atoms. The first-order valence-corrected chi connectivity index (χ1v) is 7.08. The topological polar surface area (TPSA) is 87.7 Å². The van der Waals surface area contributed by atoms with Crippen LogP contribution in [0.5, 0.6) is 5.75 Å². The number of aromatic hydroxyl groups is 1. The number of nitrogens with one attached hydrogen (secondary N) is 1. The van der Waals surface area contributed by atoms with Crippen LogP contribution in [0.25, 0.3) is 0 Å². The zero-order valence-electron chi connectivity index (χ0n) is 12.2. The quantitative estimate of drug-likeness (QED) is 0.504. The van der Waals surface area contributed by atoms with Gasteiger partial charge in [0.15, 0.2) is 5.96 Å². The number of aliphatic imine (C=N–C) groups is 1. The van der Waals surface area contributed by atoms with Gasteiger partial charge in [0.05, 0.1) is 5.56 Å². The molecule has 0 aliphatic carbocycles. The molecule has 0 spiro atoms. The number of phenolic OH excluding ortho intramolecular Hbond substituents is 1. The molecule has 4 N–H and O–H groups in total. The highest BCUT2D eigenvalue weighted by Gasteiger charge is 2.12. The van der Waals surface area contributed by atoms with Gasteiger partial charge in [-0.15, -0.1) is 0 Å². The van der Waals surface area contributed by atoms with Gasteiger partial charge in [-0.2, -0.15) is 0 Å². The molecule has 122 valence electrons. The van der Waals surface area contributed by atoms with Crippen molar-refractivity contribution < 1.29 is 22.3 Å². The maximum atomic E-state index is 12.0. The Kier molecular flexibility index (Phi) is 7.38. The monoisotopic (exact) mass is 352 g/mol. The van der Waals surface area contributed by atoms with Crippen LogP contribution in [-0.4, -0.2) is 23.5 Å². The van der Waals surface area contributed by atoms with E-state index in [0.29, 0.717) is 11.6 Å². The number of guanidine groups is 1. The fraction of sp³-hybridized carbons (Fsp3) is 0.125. The van der Waals surface area contributed by atoms with E-state index in [9.17, 15) is 9.90 Å². The van der Waals surface area contributed by atoms with Crippen LogP contribution in [0, 0.1) is 0 Å². The maximum absolute atomic E-state index is 12.0. The van der Waals surface area contributed by atoms with E-state index in [-0.39, 0.29) is 29.7 Å². The van der Waals surface area contributed by atoms with Gasteiger partial charge in [0, 0.05) is 11.6 Å². The third-order valence-corrected chi connectivity index (χ3v) is 3.21. The zero-order chi connectivity index (χ0) is 15.9. The summed E-state index contributed by atoms with van der Waals surface area (Å²) in [5.74, 6) is -0.722. The highest BCUT2D eigenvalue weighted by atomic mass is 35.5. The number of amides is 1. The minimum atomic E-state index is -0.555. The summed E-state index contributed by atoms with van der Waals surface area (Å²) in [5.41, 5.74) is 6.85. The maximum Gasteiger partial charge on any atom is 0.261 e. The molecule has 0 bridgehead atoms. The van der Waals surface area contributed by atoms with Crippen molar-refractivity contribution in [1.29, 1.82) is 0 Å². The number of halogens is 2. The SMILES string of the molecule is NC(=NCCc1ccccc1)NC(=O)c1cc(Cl)ccc1O.[Cl-]. The summed E-state index contributed by atoms with van der Waals surface area (Å²) in [6, 6.07) is 14.0. The molecule has 2 aromatic carbocycles. The second kappa shape index (κ2) is 9.02. The average Bonchev–Trinajstić information content (AvgIpc) is 2.50. The lowest BCUT2D eigenvalue weighted by molar-refractivity contribution is -0.0000144. The second-order valence-corrected chi connectivity index (χ2v) is 5.05. The van der Waals surface area contributed by atoms with Gasteiger partial charge in [-0.25, -0.2) is 0 Å². The molecular formula is C16H16Cl2N3O2-. The Hall–Kier alpha value is -2.24. The van der Waals surface area contributed by atoms with Gasteiger partial charge in [0.2, 0.25) is 0 Å². The standard InChI is InChI=1S/C16H16ClN3O2.ClH/c17-12-6-7-14(21)13(10-12)15(22)20-16(18)19-9-8-11-4-2-1-3-5-11;/h1-7,10,21H,8-9H2,(H3,18,19,20,22);1H/p-1. The molecule has 0 heterocycles. The molecule has 0 saturated carbocycles. The lowest BCUT2D eigenvalue weighted by Crippen LogP contribution is -3.00. The Bertz CT molecular complexity index is 691. The number of nitrogens with two attached hydrogens (primary N) is 1. The molecule has 0 saturated heterocycles. The molecule has 5 nitrogen and oxygen atoms in total. The number of nitrogens with zero attached hydrogens (tertiary/aromatic N) is 1. The van der Waals surface area contributed by atoms with Crippen molar-refractivity contribution in [1.82, 2.24) is 5.32 Å². The third-order valence-electron chi connectivity index (χ3n) is 2.97. The van der Waals surface area contributed by atoms with E-state index < -0.39 is 5.91 Å². The van der Waals surface area contributed by atoms with Crippen LogP contribution in [0.15, 0.2) is 53.5 Å². The summed E-state index contributed by atoms with van der Waals surface area (Å²) in [5, 5.41) is 12.4. The fourth-order valence-electron chi connectivity index (χ4n) is 1.86. The van der Waals surface area contributed by atoms with Crippen LogP contribution in [0.1, 0.15) is 15.9 Å². The first kappa shape index (κ1) is 18.8. The Morgan fingerprint density at radius 2 is 1.91 bits per heavy atom. The Morgan fingerprint density at radius 3 is 2.61 bits per heavy atom. The van der Waals surface area contributed by atoms with E-state index in [0.717, 1.165) is 12.0 Å². The van der Waals surface area contributed by atoms with Crippen LogP contribution in [0.2, 0.25) is 5.02 Å². The highest BCUT2D eigenvalue weighted by Crippen LogP contribution is 2.21. The predicted molar refractivity (Wildman–Crippen MR) is 87.2 cm³/mol. The lowest BCUT2D eigenvalue weighted by atomic mass is 10.2. The molecule has 0 unspecified atom stereocenters. The van der Waals surface area contributed by atoms with Crippen molar-refractivity contribution in [3.05, 3.63) is 64.7 Å². The van der Waals surface area contributed by atoms with Crippen molar-refractivity contribution >= 4 is 23.5 Å². The van der Waals surface area contributed by atoms with Gasteiger partial charge in [0.25, 0.3) is 5.91 Å². The summed E-state index contributed by atoms with van der Waals surface area (Å²) in [6.07, 6.45) is 0.722. The van der Waals surface area contributed by atoms with Crippen LogP contribution < -0.4 is 23.5 Å². The van der Waals surface area contributed by atoms with E-state index in [1.807, 2.05) is 30.3 Å². The van der Waals surface area contributed by atoms with Crippen molar-refractivity contribution in [2.24, 2.45) is 10.7 Å². The smallest absolute Gasteiger partial charge is 0.261 e. The Labute approximate surface area is 145 Å². The summed E-state index contributed by atoms with van der Waals surface area (Å²) in [6.45, 7) is 0.456. The number of carbonyl (C=O) groups is 1. The number of phenols is 1. The molecule has 7 heteroatoms. The van der Waals surface area contributed by atoms with Crippen LogP contribution >= 0.6 is 11.6 Å². The zero-order valence-corrected chi connectivity index (χ0v) is 13.7. The van der Waals surface area contributed by atoms with Crippen molar-refractivity contribution in [2.75, 3.05) is 6.54 Å². The predicted octanol–water partition coefficient (Wildman–Crippen LogP) is -0.663. The average molecular weight is 353 g/mol. The van der Waals surface area contributed by atoms with Crippen LogP contribution in [0.4, 0.5) is 0 Å². The van der Waals surface area contributed by atoms with E-state index in [1.54, 1.807) is 0 Å². The number of hydrogen-bond acceptors (Lipinski definition) is 3. The lowest BCUT2D eigenvalue weighted by Gasteiger charge is -2.06. The van der Waals surface area contributed by atoms with Gasteiger partial charge >= 0.3 is 0 Å². The van der Waals surface area contributed by atoms with Crippen molar-refractivity contribution in [3.63, 3.8) is 0 Å². The van der Waals surface area contributed by atoms with E-state index >= 15 is 0 Å². The summed E-state index contributed by atoms with van der Waals surface area (Å²) in [4.78, 5) is 16.1. The Morgan fingerprint density at radius 1 is 1.22 bits per heavy atom. The van der Waals surface area contributed by atoms with E-state index in [1.165, 1.54) is 18.2 Å². The summed E-state index contributed by atoms with van der Waals surface area (Å²) < 4.78 is 0. The van der Waals surface area contributed by atoms with Gasteiger partial charge in [0.1, 0.15) is 5.75 Å². The number of carbonyl (C=O) groups excluding carboxylic acids is 1. The molecule has 0 aromatic heterocycles. The molecule has 1 amide bonds. The molecule has 0 aliphatic rings. The number of hydrogen-bond donors (Lipinski definition) is 3. The molecule has 0 fully saturated rings. The third kappa shape index (κ3) is 5.81. The van der Waals surface area contributed by atoms with Gasteiger partial charge in [-0.1, -0.05) is 41.9 Å². The van der Waals surface area contributed by atoms with E-state index in [4.69, 9.17) is 17.3 Å². The Balaban J connectivity index is 0.00000264. The first-order chi connectivity index (χ1) is 10.6. The van der Waals surface area contributed by atoms with Gasteiger partial charge in [-0.05, 0) is 30.2 Å².